The fraction of sp³-hybridized carbons (Fsp3) is 0.238. The van der Waals surface area contributed by atoms with Gasteiger partial charge in [-0.2, -0.15) is 0 Å². The molecule has 2 rings (SSSR count). The molecule has 136 valence electrons. The molecule has 1 N–H and O–H groups in total. The van der Waals surface area contributed by atoms with Crippen LogP contribution in [0.2, 0.25) is 0 Å². The highest BCUT2D eigenvalue weighted by Crippen LogP contribution is 2.27. The van der Waals surface area contributed by atoms with Crippen molar-refractivity contribution >= 4 is 17.8 Å². The number of Topliss-reactive ketones (excluding diaryl/α,β-unsaturated/α-hetero) is 1. The molecule has 0 heterocycles. The highest BCUT2D eigenvalue weighted by Gasteiger charge is 2.15. The van der Waals surface area contributed by atoms with Crippen LogP contribution in [0.1, 0.15) is 32.3 Å². The van der Waals surface area contributed by atoms with Crippen LogP contribution < -0.4 is 4.74 Å². The second-order valence-corrected chi connectivity index (χ2v) is 6.19. The SMILES string of the molecule is CC(C)C(=O)/C(=C\c1ccc(F)c(Oc2ccccc2)c1)CCC(=O)O. The number of ether oxygens (including phenoxy) is 1. The molecule has 4 nitrogen and oxygen atoms in total. The van der Waals surface area contributed by atoms with Crippen molar-refractivity contribution in [2.45, 2.75) is 26.7 Å². The maximum atomic E-state index is 14.0. The molecule has 5 heteroatoms. The molecular formula is C21H21FO4. The number of carbonyl (C=O) groups excluding carboxylic acids is 1. The van der Waals surface area contributed by atoms with Crippen LogP contribution in [0.15, 0.2) is 54.1 Å². The zero-order valence-corrected chi connectivity index (χ0v) is 14.7. The molecular weight excluding hydrogens is 335 g/mol. The molecule has 0 radical (unpaired) electrons. The number of hydrogen-bond donors (Lipinski definition) is 1. The number of allylic oxidation sites excluding steroid dienone is 1. The van der Waals surface area contributed by atoms with Gasteiger partial charge in [-0.15, -0.1) is 0 Å². The third-order valence-electron chi connectivity index (χ3n) is 3.72. The smallest absolute Gasteiger partial charge is 0.303 e. The number of carbonyl (C=O) groups is 2. The first-order chi connectivity index (χ1) is 12.4. The average Bonchev–Trinajstić information content (AvgIpc) is 2.61. The molecule has 0 bridgehead atoms. The van der Waals surface area contributed by atoms with Crippen LogP contribution >= 0.6 is 0 Å². The van der Waals surface area contributed by atoms with Crippen molar-refractivity contribution in [2.24, 2.45) is 5.92 Å². The van der Waals surface area contributed by atoms with Gasteiger partial charge in [0.2, 0.25) is 0 Å². The second kappa shape index (κ2) is 8.94. The average molecular weight is 356 g/mol. The topological polar surface area (TPSA) is 63.6 Å². The summed E-state index contributed by atoms with van der Waals surface area (Å²) in [6, 6.07) is 13.1. The molecule has 0 fully saturated rings. The Morgan fingerprint density at radius 1 is 1.12 bits per heavy atom. The quantitative estimate of drug-likeness (QED) is 0.669. The maximum Gasteiger partial charge on any atom is 0.303 e. The van der Waals surface area contributed by atoms with E-state index in [1.54, 1.807) is 44.2 Å². The first-order valence-electron chi connectivity index (χ1n) is 8.36. The number of aliphatic carboxylic acids is 1. The molecule has 0 aliphatic carbocycles. The summed E-state index contributed by atoms with van der Waals surface area (Å²) in [5.74, 6) is -1.33. The van der Waals surface area contributed by atoms with E-state index in [-0.39, 0.29) is 30.3 Å². The fourth-order valence-electron chi connectivity index (χ4n) is 2.38. The Morgan fingerprint density at radius 2 is 1.81 bits per heavy atom. The molecule has 26 heavy (non-hydrogen) atoms. The Morgan fingerprint density at radius 3 is 2.42 bits per heavy atom. The molecule has 0 aromatic heterocycles. The van der Waals surface area contributed by atoms with Gasteiger partial charge in [0.05, 0.1) is 0 Å². The highest BCUT2D eigenvalue weighted by molar-refractivity contribution is 6.01. The van der Waals surface area contributed by atoms with Crippen molar-refractivity contribution in [3.8, 4) is 11.5 Å². The standard InChI is InChI=1S/C21H21FO4/c1-14(2)21(25)16(9-11-20(23)24)12-15-8-10-18(22)19(13-15)26-17-6-4-3-5-7-17/h3-8,10,12-14H,9,11H2,1-2H3,(H,23,24)/b16-12-. The van der Waals surface area contributed by atoms with Gasteiger partial charge in [-0.05, 0) is 47.9 Å². The zero-order chi connectivity index (χ0) is 19.1. The minimum Gasteiger partial charge on any atom is -0.481 e. The summed E-state index contributed by atoms with van der Waals surface area (Å²) in [7, 11) is 0. The largest absolute Gasteiger partial charge is 0.481 e. The van der Waals surface area contributed by atoms with E-state index in [0.717, 1.165) is 0 Å². The number of rotatable bonds is 8. The van der Waals surface area contributed by atoms with Gasteiger partial charge in [-0.25, -0.2) is 4.39 Å². The fourth-order valence-corrected chi connectivity index (χ4v) is 2.38. The van der Waals surface area contributed by atoms with Crippen LogP contribution in [-0.4, -0.2) is 16.9 Å². The van der Waals surface area contributed by atoms with E-state index in [1.165, 1.54) is 18.2 Å². The highest BCUT2D eigenvalue weighted by atomic mass is 19.1. The third-order valence-corrected chi connectivity index (χ3v) is 3.72. The Hall–Kier alpha value is -2.95. The van der Waals surface area contributed by atoms with E-state index in [1.807, 2.05) is 6.07 Å². The lowest BCUT2D eigenvalue weighted by Gasteiger charge is -2.10. The molecule has 0 spiro atoms. The first kappa shape index (κ1) is 19.4. The monoisotopic (exact) mass is 356 g/mol. The van der Waals surface area contributed by atoms with Crippen molar-refractivity contribution in [2.75, 3.05) is 0 Å². The summed E-state index contributed by atoms with van der Waals surface area (Å²) in [6.07, 6.45) is 1.58. The zero-order valence-electron chi connectivity index (χ0n) is 14.7. The van der Waals surface area contributed by atoms with Crippen LogP contribution in [0.3, 0.4) is 0 Å². The van der Waals surface area contributed by atoms with Crippen LogP contribution in [0.25, 0.3) is 6.08 Å². The molecule has 0 atom stereocenters. The molecule has 0 saturated carbocycles. The lowest BCUT2D eigenvalue weighted by Crippen LogP contribution is -2.11. The molecule has 2 aromatic rings. The Kier molecular flexibility index (Phi) is 6.67. The molecule has 0 saturated heterocycles. The third kappa shape index (κ3) is 5.55. The second-order valence-electron chi connectivity index (χ2n) is 6.19. The van der Waals surface area contributed by atoms with Crippen LogP contribution in [0, 0.1) is 11.7 Å². The van der Waals surface area contributed by atoms with Gasteiger partial charge in [0.15, 0.2) is 17.3 Å². The summed E-state index contributed by atoms with van der Waals surface area (Å²) in [6.45, 7) is 3.51. The van der Waals surface area contributed by atoms with Gasteiger partial charge in [0.1, 0.15) is 5.75 Å². The van der Waals surface area contributed by atoms with Crippen LogP contribution in [0.4, 0.5) is 4.39 Å². The maximum absolute atomic E-state index is 14.0. The Balaban J connectivity index is 2.32. The lowest BCUT2D eigenvalue weighted by atomic mass is 9.95. The number of para-hydroxylation sites is 1. The van der Waals surface area contributed by atoms with E-state index in [0.29, 0.717) is 16.9 Å². The summed E-state index contributed by atoms with van der Waals surface area (Å²) in [4.78, 5) is 23.2. The van der Waals surface area contributed by atoms with E-state index in [4.69, 9.17) is 9.84 Å². The minimum absolute atomic E-state index is 0.0412. The lowest BCUT2D eigenvalue weighted by molar-refractivity contribution is -0.136. The predicted molar refractivity (Wildman–Crippen MR) is 97.6 cm³/mol. The van der Waals surface area contributed by atoms with Crippen molar-refractivity contribution in [1.82, 2.24) is 0 Å². The molecule has 0 amide bonds. The molecule has 0 unspecified atom stereocenters. The minimum atomic E-state index is -0.973. The number of halogens is 1. The number of carboxylic acid groups (broad SMARTS) is 1. The molecule has 0 aliphatic rings. The van der Waals surface area contributed by atoms with Crippen molar-refractivity contribution in [3.05, 3.63) is 65.5 Å². The van der Waals surface area contributed by atoms with E-state index in [2.05, 4.69) is 0 Å². The van der Waals surface area contributed by atoms with Gasteiger partial charge in [0, 0.05) is 12.3 Å². The number of carboxylic acids is 1. The Labute approximate surface area is 151 Å². The number of ketones is 1. The summed E-state index contributed by atoms with van der Waals surface area (Å²) < 4.78 is 19.6. The van der Waals surface area contributed by atoms with Gasteiger partial charge >= 0.3 is 5.97 Å². The van der Waals surface area contributed by atoms with Crippen molar-refractivity contribution in [3.63, 3.8) is 0 Å². The van der Waals surface area contributed by atoms with E-state index < -0.39 is 11.8 Å². The number of benzene rings is 2. The number of hydrogen-bond acceptors (Lipinski definition) is 3. The van der Waals surface area contributed by atoms with Gasteiger partial charge in [-0.3, -0.25) is 9.59 Å². The van der Waals surface area contributed by atoms with Gasteiger partial charge in [0.25, 0.3) is 0 Å². The summed E-state index contributed by atoms with van der Waals surface area (Å²) >= 11 is 0. The van der Waals surface area contributed by atoms with Gasteiger partial charge < -0.3 is 9.84 Å². The Bertz CT molecular complexity index is 810. The van der Waals surface area contributed by atoms with Crippen LogP contribution in [0.5, 0.6) is 11.5 Å². The summed E-state index contributed by atoms with van der Waals surface area (Å²) in [5, 5.41) is 8.89. The van der Waals surface area contributed by atoms with Gasteiger partial charge in [-0.1, -0.05) is 38.1 Å². The summed E-state index contributed by atoms with van der Waals surface area (Å²) in [5.41, 5.74) is 0.978. The van der Waals surface area contributed by atoms with E-state index in [9.17, 15) is 14.0 Å². The van der Waals surface area contributed by atoms with E-state index >= 15 is 0 Å². The van der Waals surface area contributed by atoms with Crippen molar-refractivity contribution in [1.29, 1.82) is 0 Å². The molecule has 0 aliphatic heterocycles. The predicted octanol–water partition coefficient (Wildman–Crippen LogP) is 5.09. The van der Waals surface area contributed by atoms with Crippen molar-refractivity contribution < 1.29 is 23.8 Å². The first-order valence-corrected chi connectivity index (χ1v) is 8.36. The molecule has 2 aromatic carbocycles. The van der Waals surface area contributed by atoms with Crippen LogP contribution in [-0.2, 0) is 9.59 Å². The normalized spacial score (nSPS) is 11.5.